The highest BCUT2D eigenvalue weighted by atomic mass is 16.5. The van der Waals surface area contributed by atoms with E-state index in [0.717, 1.165) is 6.41 Å². The van der Waals surface area contributed by atoms with Gasteiger partial charge in [-0.15, -0.1) is 0 Å². The zero-order chi connectivity index (χ0) is 18.7. The molecule has 0 radical (unpaired) electrons. The van der Waals surface area contributed by atoms with Gasteiger partial charge in [0, 0.05) is 32.4 Å². The molecule has 2 aromatic heterocycles. The van der Waals surface area contributed by atoms with E-state index < -0.39 is 11.5 Å². The van der Waals surface area contributed by atoms with Gasteiger partial charge in [-0.25, -0.2) is 4.79 Å². The van der Waals surface area contributed by atoms with Crippen molar-refractivity contribution in [3.63, 3.8) is 0 Å². The number of fused-ring (bicyclic) bond motifs is 1. The molecular formula is C18H18N4O4. The first-order valence-electron chi connectivity index (χ1n) is 8.31. The minimum atomic E-state index is -0.583. The Bertz CT molecular complexity index is 952. The van der Waals surface area contributed by atoms with Gasteiger partial charge in [0.25, 0.3) is 5.56 Å². The van der Waals surface area contributed by atoms with E-state index in [-0.39, 0.29) is 23.4 Å². The number of piperazine rings is 1. The number of amides is 1. The molecule has 0 spiro atoms. The Hall–Kier alpha value is -3.34. The van der Waals surface area contributed by atoms with Gasteiger partial charge in [-0.2, -0.15) is 5.26 Å². The molecule has 1 fully saturated rings. The molecule has 0 saturated carbocycles. The number of pyridine rings is 2. The van der Waals surface area contributed by atoms with Crippen LogP contribution in [0.2, 0.25) is 0 Å². The molecule has 3 rings (SSSR count). The molecule has 8 heteroatoms. The molecule has 1 saturated heterocycles. The summed E-state index contributed by atoms with van der Waals surface area (Å²) >= 11 is 0. The molecule has 1 aliphatic rings. The average molecular weight is 354 g/mol. The number of anilines is 1. The Morgan fingerprint density at radius 2 is 2.04 bits per heavy atom. The Kier molecular flexibility index (Phi) is 4.89. The van der Waals surface area contributed by atoms with E-state index in [1.165, 1.54) is 10.6 Å². The maximum absolute atomic E-state index is 12.8. The first-order valence-corrected chi connectivity index (χ1v) is 8.31. The highest BCUT2D eigenvalue weighted by Gasteiger charge is 2.29. The fraction of sp³-hybridized carbons (Fsp3) is 0.333. The van der Waals surface area contributed by atoms with Crippen molar-refractivity contribution in [3.05, 3.63) is 45.9 Å². The molecule has 2 aromatic rings. The molecule has 26 heavy (non-hydrogen) atoms. The first-order chi connectivity index (χ1) is 12.6. The van der Waals surface area contributed by atoms with Crippen LogP contribution in [0.4, 0.5) is 5.69 Å². The normalized spacial score (nSPS) is 14.2. The number of carbonyl (C=O) groups excluding carboxylic acids is 2. The lowest BCUT2D eigenvalue weighted by Gasteiger charge is -2.35. The number of hydrogen-bond acceptors (Lipinski definition) is 6. The largest absolute Gasteiger partial charge is 0.462 e. The van der Waals surface area contributed by atoms with E-state index in [9.17, 15) is 19.6 Å². The quantitative estimate of drug-likeness (QED) is 0.590. The summed E-state index contributed by atoms with van der Waals surface area (Å²) in [7, 11) is 0. The standard InChI is InChI=1S/C18H18N4O4/c1-2-26-18(25)15-14-5-3-4-6-22(14)17(24)13(11-19)16(15)21-9-7-20(12-23)8-10-21/h3-6,12H,2,7-10H2,1H3. The predicted molar refractivity (Wildman–Crippen MR) is 94.2 cm³/mol. The first kappa shape index (κ1) is 17.5. The zero-order valence-corrected chi connectivity index (χ0v) is 14.3. The second-order valence-corrected chi connectivity index (χ2v) is 5.82. The smallest absolute Gasteiger partial charge is 0.342 e. The molecule has 0 N–H and O–H groups in total. The number of aromatic nitrogens is 1. The lowest BCUT2D eigenvalue weighted by atomic mass is 10.1. The van der Waals surface area contributed by atoms with Crippen molar-refractivity contribution in [3.8, 4) is 6.07 Å². The van der Waals surface area contributed by atoms with Gasteiger partial charge in [-0.1, -0.05) is 6.07 Å². The maximum atomic E-state index is 12.8. The Labute approximate surface area is 149 Å². The average Bonchev–Trinajstić information content (AvgIpc) is 2.68. The number of ether oxygens (including phenoxy) is 1. The van der Waals surface area contributed by atoms with Crippen LogP contribution >= 0.6 is 0 Å². The number of rotatable bonds is 4. The second kappa shape index (κ2) is 7.27. The highest BCUT2D eigenvalue weighted by Crippen LogP contribution is 2.28. The number of nitriles is 1. The third-order valence-electron chi connectivity index (χ3n) is 4.39. The van der Waals surface area contributed by atoms with E-state index in [1.54, 1.807) is 34.9 Å². The summed E-state index contributed by atoms with van der Waals surface area (Å²) in [4.78, 5) is 39.8. The van der Waals surface area contributed by atoms with Crippen molar-refractivity contribution >= 4 is 23.6 Å². The van der Waals surface area contributed by atoms with Crippen LogP contribution in [0.25, 0.3) is 5.52 Å². The van der Waals surface area contributed by atoms with Gasteiger partial charge in [0.1, 0.15) is 17.2 Å². The Morgan fingerprint density at radius 1 is 1.31 bits per heavy atom. The fourth-order valence-electron chi connectivity index (χ4n) is 3.16. The van der Waals surface area contributed by atoms with Gasteiger partial charge >= 0.3 is 5.97 Å². The fourth-order valence-corrected chi connectivity index (χ4v) is 3.16. The third-order valence-corrected chi connectivity index (χ3v) is 4.39. The van der Waals surface area contributed by atoms with Crippen LogP contribution in [-0.2, 0) is 9.53 Å². The molecule has 8 nitrogen and oxygen atoms in total. The van der Waals surface area contributed by atoms with Gasteiger partial charge in [-0.3, -0.25) is 14.0 Å². The van der Waals surface area contributed by atoms with Crippen LogP contribution in [0.3, 0.4) is 0 Å². The van der Waals surface area contributed by atoms with Gasteiger partial charge in [0.2, 0.25) is 6.41 Å². The minimum Gasteiger partial charge on any atom is -0.462 e. The molecule has 1 aliphatic heterocycles. The third kappa shape index (κ3) is 2.88. The lowest BCUT2D eigenvalue weighted by Crippen LogP contribution is -2.47. The van der Waals surface area contributed by atoms with Crippen LogP contribution in [0, 0.1) is 11.3 Å². The molecular weight excluding hydrogens is 336 g/mol. The second-order valence-electron chi connectivity index (χ2n) is 5.82. The summed E-state index contributed by atoms with van der Waals surface area (Å²) in [5.41, 5.74) is 0.291. The Morgan fingerprint density at radius 3 is 2.65 bits per heavy atom. The van der Waals surface area contributed by atoms with Crippen molar-refractivity contribution < 1.29 is 14.3 Å². The summed E-state index contributed by atoms with van der Waals surface area (Å²) in [6, 6.07) is 6.98. The summed E-state index contributed by atoms with van der Waals surface area (Å²) < 4.78 is 6.48. The molecule has 134 valence electrons. The van der Waals surface area contributed by atoms with Crippen molar-refractivity contribution in [1.82, 2.24) is 9.30 Å². The number of esters is 1. The molecule has 0 atom stereocenters. The Balaban J connectivity index is 2.27. The van der Waals surface area contributed by atoms with Gasteiger partial charge in [-0.05, 0) is 19.1 Å². The van der Waals surface area contributed by atoms with Gasteiger partial charge in [0.15, 0.2) is 0 Å². The van der Waals surface area contributed by atoms with Crippen LogP contribution in [-0.4, -0.2) is 54.5 Å². The van der Waals surface area contributed by atoms with Crippen molar-refractivity contribution in [2.24, 2.45) is 0 Å². The van der Waals surface area contributed by atoms with Crippen molar-refractivity contribution in [2.75, 3.05) is 37.7 Å². The van der Waals surface area contributed by atoms with Crippen LogP contribution in [0.15, 0.2) is 29.2 Å². The summed E-state index contributed by atoms with van der Waals surface area (Å²) in [5.74, 6) is -0.583. The van der Waals surface area contributed by atoms with Crippen LogP contribution in [0.1, 0.15) is 22.8 Å². The number of carbonyl (C=O) groups is 2. The summed E-state index contributed by atoms with van der Waals surface area (Å²) in [6.45, 7) is 3.61. The predicted octanol–water partition coefficient (Wildman–Crippen LogP) is 0.626. The number of hydrogen-bond donors (Lipinski definition) is 0. The van der Waals surface area contributed by atoms with E-state index in [1.807, 2.05) is 6.07 Å². The molecule has 0 bridgehead atoms. The van der Waals surface area contributed by atoms with Gasteiger partial charge < -0.3 is 14.5 Å². The summed E-state index contributed by atoms with van der Waals surface area (Å²) in [6.07, 6.45) is 2.29. The van der Waals surface area contributed by atoms with E-state index in [0.29, 0.717) is 31.7 Å². The van der Waals surface area contributed by atoms with E-state index in [4.69, 9.17) is 4.74 Å². The monoisotopic (exact) mass is 354 g/mol. The van der Waals surface area contributed by atoms with E-state index in [2.05, 4.69) is 0 Å². The zero-order valence-electron chi connectivity index (χ0n) is 14.3. The minimum absolute atomic E-state index is 0.101. The van der Waals surface area contributed by atoms with E-state index >= 15 is 0 Å². The van der Waals surface area contributed by atoms with Crippen LogP contribution in [0.5, 0.6) is 0 Å². The molecule has 1 amide bonds. The van der Waals surface area contributed by atoms with Crippen molar-refractivity contribution in [1.29, 1.82) is 5.26 Å². The number of nitrogens with zero attached hydrogens (tertiary/aromatic N) is 4. The SMILES string of the molecule is CCOC(=O)c1c(N2CCN(C=O)CC2)c(C#N)c(=O)n2ccccc12. The van der Waals surface area contributed by atoms with Crippen LogP contribution < -0.4 is 10.5 Å². The topological polar surface area (TPSA) is 95.1 Å². The van der Waals surface area contributed by atoms with Crippen molar-refractivity contribution in [2.45, 2.75) is 6.92 Å². The molecule has 3 heterocycles. The highest BCUT2D eigenvalue weighted by molar-refractivity contribution is 6.04. The van der Waals surface area contributed by atoms with Gasteiger partial charge in [0.05, 0.1) is 17.8 Å². The summed E-state index contributed by atoms with van der Waals surface area (Å²) in [5, 5.41) is 9.61. The molecule has 0 aromatic carbocycles. The lowest BCUT2D eigenvalue weighted by molar-refractivity contribution is -0.118. The maximum Gasteiger partial charge on any atom is 0.342 e. The molecule has 0 aliphatic carbocycles. The molecule has 0 unspecified atom stereocenters.